The number of fused-ring (bicyclic) bond motifs is 3. The summed E-state index contributed by atoms with van der Waals surface area (Å²) in [6.45, 7) is 0. The van der Waals surface area contributed by atoms with Crippen LogP contribution in [0.5, 0.6) is 5.75 Å². The quantitative estimate of drug-likeness (QED) is 0.888. The van der Waals surface area contributed by atoms with Crippen molar-refractivity contribution >= 4 is 38.6 Å². The van der Waals surface area contributed by atoms with Gasteiger partial charge < -0.3 is 15.2 Å². The maximum Gasteiger partial charge on any atom is 0.307 e. The summed E-state index contributed by atoms with van der Waals surface area (Å²) in [4.78, 5) is 28.7. The molecule has 4 unspecified atom stereocenters. The summed E-state index contributed by atoms with van der Waals surface area (Å²) in [6.07, 6.45) is 2.72. The molecule has 1 aromatic carbocycles. The minimum atomic E-state index is -0.851. The lowest BCUT2D eigenvalue weighted by atomic mass is 9.79. The van der Waals surface area contributed by atoms with E-state index in [1.165, 1.54) is 11.3 Å². The first-order chi connectivity index (χ1) is 11.6. The summed E-state index contributed by atoms with van der Waals surface area (Å²) >= 11 is 1.37. The Balaban J connectivity index is 1.56. The molecule has 2 saturated carbocycles. The zero-order valence-corrected chi connectivity index (χ0v) is 14.0. The predicted molar refractivity (Wildman–Crippen MR) is 90.2 cm³/mol. The van der Waals surface area contributed by atoms with Crippen molar-refractivity contribution in [2.75, 3.05) is 12.4 Å². The molecule has 24 heavy (non-hydrogen) atoms. The molecule has 1 heterocycles. The Morgan fingerprint density at radius 1 is 1.29 bits per heavy atom. The van der Waals surface area contributed by atoms with Crippen LogP contribution in [-0.2, 0) is 9.59 Å². The molecule has 6 nitrogen and oxygen atoms in total. The van der Waals surface area contributed by atoms with Crippen LogP contribution in [0, 0.1) is 23.7 Å². The van der Waals surface area contributed by atoms with Gasteiger partial charge in [-0.2, -0.15) is 0 Å². The van der Waals surface area contributed by atoms with Crippen molar-refractivity contribution in [3.63, 3.8) is 0 Å². The largest absolute Gasteiger partial charge is 0.497 e. The zero-order valence-electron chi connectivity index (χ0n) is 13.2. The number of rotatable bonds is 4. The number of methoxy groups -OCH3 is 1. The molecule has 2 bridgehead atoms. The summed E-state index contributed by atoms with van der Waals surface area (Å²) in [5, 5.41) is 12.8. The molecule has 7 heteroatoms. The summed E-state index contributed by atoms with van der Waals surface area (Å²) < 4.78 is 6.12. The fourth-order valence-electron chi connectivity index (χ4n) is 4.30. The van der Waals surface area contributed by atoms with Gasteiger partial charge >= 0.3 is 5.97 Å². The highest BCUT2D eigenvalue weighted by Crippen LogP contribution is 2.52. The van der Waals surface area contributed by atoms with Gasteiger partial charge in [-0.15, -0.1) is 0 Å². The molecule has 2 aromatic rings. The molecule has 126 valence electrons. The number of hydrogen-bond donors (Lipinski definition) is 2. The zero-order chi connectivity index (χ0) is 16.8. The number of carbonyl (C=O) groups is 2. The van der Waals surface area contributed by atoms with Crippen molar-refractivity contribution in [2.24, 2.45) is 23.7 Å². The number of carboxylic acid groups (broad SMARTS) is 1. The van der Waals surface area contributed by atoms with E-state index in [4.69, 9.17) is 4.74 Å². The summed E-state index contributed by atoms with van der Waals surface area (Å²) in [6, 6.07) is 5.54. The first-order valence-corrected chi connectivity index (χ1v) is 8.86. The maximum atomic E-state index is 12.7. The lowest BCUT2D eigenvalue weighted by Crippen LogP contribution is -2.37. The number of amides is 1. The molecule has 4 atom stereocenters. The number of carbonyl (C=O) groups excluding carboxylic acids is 1. The molecule has 0 saturated heterocycles. The predicted octanol–water partition coefficient (Wildman–Crippen LogP) is 2.99. The first-order valence-electron chi connectivity index (χ1n) is 8.05. The van der Waals surface area contributed by atoms with Gasteiger partial charge in [-0.25, -0.2) is 4.98 Å². The van der Waals surface area contributed by atoms with Crippen LogP contribution in [0.4, 0.5) is 5.13 Å². The third-order valence-electron chi connectivity index (χ3n) is 5.33. The monoisotopic (exact) mass is 346 g/mol. The molecule has 1 aromatic heterocycles. The lowest BCUT2D eigenvalue weighted by Gasteiger charge is -2.26. The van der Waals surface area contributed by atoms with Crippen molar-refractivity contribution in [1.82, 2.24) is 4.98 Å². The van der Waals surface area contributed by atoms with Gasteiger partial charge in [0.1, 0.15) is 5.75 Å². The van der Waals surface area contributed by atoms with Crippen LogP contribution in [0.3, 0.4) is 0 Å². The Hall–Kier alpha value is -2.15. The molecule has 0 aliphatic heterocycles. The second-order valence-electron chi connectivity index (χ2n) is 6.56. The molecule has 2 fully saturated rings. The van der Waals surface area contributed by atoms with Crippen LogP contribution >= 0.6 is 11.3 Å². The highest BCUT2D eigenvalue weighted by molar-refractivity contribution is 7.22. The third kappa shape index (κ3) is 2.43. The molecular weight excluding hydrogens is 328 g/mol. The fraction of sp³-hybridized carbons (Fsp3) is 0.471. The molecule has 0 radical (unpaired) electrons. The lowest BCUT2D eigenvalue weighted by molar-refractivity contribution is -0.148. The number of nitrogens with zero attached hydrogens (tertiary/aromatic N) is 1. The van der Waals surface area contributed by atoms with E-state index < -0.39 is 17.8 Å². The molecule has 1 amide bonds. The van der Waals surface area contributed by atoms with Crippen molar-refractivity contribution < 1.29 is 19.4 Å². The second kappa shape index (κ2) is 5.73. The second-order valence-corrected chi connectivity index (χ2v) is 7.60. The standard InChI is InChI=1S/C17H18N2O4S/c1-23-10-4-5-11-12(7-10)24-17(18-11)19-15(20)13-8-2-3-9(6-8)14(13)16(21)22/h4-5,7-9,13-14H,2-3,6H2,1H3,(H,21,22)(H,18,19,20). The number of carboxylic acids is 1. The summed E-state index contributed by atoms with van der Waals surface area (Å²) in [5.41, 5.74) is 0.791. The molecule has 0 spiro atoms. The number of aromatic nitrogens is 1. The number of aliphatic carboxylic acids is 1. The normalized spacial score (nSPS) is 28.2. The Morgan fingerprint density at radius 3 is 2.75 bits per heavy atom. The average molecular weight is 346 g/mol. The Kier molecular flexibility index (Phi) is 3.68. The van der Waals surface area contributed by atoms with Gasteiger partial charge in [-0.05, 0) is 49.3 Å². The maximum absolute atomic E-state index is 12.7. The van der Waals surface area contributed by atoms with Crippen LogP contribution in [0.2, 0.25) is 0 Å². The van der Waals surface area contributed by atoms with Crippen molar-refractivity contribution in [3.8, 4) is 5.75 Å². The highest BCUT2D eigenvalue weighted by atomic mass is 32.1. The third-order valence-corrected chi connectivity index (χ3v) is 6.26. The number of hydrogen-bond acceptors (Lipinski definition) is 5. The minimum absolute atomic E-state index is 0.142. The van der Waals surface area contributed by atoms with Gasteiger partial charge in [0.05, 0.1) is 29.2 Å². The Bertz CT molecular complexity index is 818. The van der Waals surface area contributed by atoms with E-state index in [0.717, 1.165) is 35.2 Å². The van der Waals surface area contributed by atoms with Crippen LogP contribution in [0.1, 0.15) is 19.3 Å². The first kappa shape index (κ1) is 15.4. The topological polar surface area (TPSA) is 88.5 Å². The van der Waals surface area contributed by atoms with Crippen LogP contribution < -0.4 is 10.1 Å². The van der Waals surface area contributed by atoms with Gasteiger partial charge in [0.15, 0.2) is 5.13 Å². The molecule has 4 rings (SSSR count). The number of nitrogens with one attached hydrogen (secondary N) is 1. The van der Waals surface area contributed by atoms with E-state index in [9.17, 15) is 14.7 Å². The van der Waals surface area contributed by atoms with E-state index in [1.807, 2.05) is 18.2 Å². The van der Waals surface area contributed by atoms with E-state index in [2.05, 4.69) is 10.3 Å². The fourth-order valence-corrected chi connectivity index (χ4v) is 5.20. The average Bonchev–Trinajstić information content (AvgIpc) is 3.26. The van der Waals surface area contributed by atoms with Gasteiger partial charge in [0.25, 0.3) is 0 Å². The Morgan fingerprint density at radius 2 is 2.04 bits per heavy atom. The van der Waals surface area contributed by atoms with Gasteiger partial charge in [0.2, 0.25) is 5.91 Å². The van der Waals surface area contributed by atoms with Gasteiger partial charge in [-0.1, -0.05) is 11.3 Å². The molecule has 2 N–H and O–H groups in total. The van der Waals surface area contributed by atoms with Crippen LogP contribution in [0.15, 0.2) is 18.2 Å². The van der Waals surface area contributed by atoms with Crippen molar-refractivity contribution in [3.05, 3.63) is 18.2 Å². The van der Waals surface area contributed by atoms with Crippen LogP contribution in [-0.4, -0.2) is 29.1 Å². The van der Waals surface area contributed by atoms with Gasteiger partial charge in [0, 0.05) is 0 Å². The summed E-state index contributed by atoms with van der Waals surface area (Å²) in [7, 11) is 1.60. The molecule has 2 aliphatic carbocycles. The van der Waals surface area contributed by atoms with Gasteiger partial charge in [-0.3, -0.25) is 9.59 Å². The van der Waals surface area contributed by atoms with E-state index in [0.29, 0.717) is 5.13 Å². The number of thiazole rings is 1. The molecular formula is C17H18N2O4S. The van der Waals surface area contributed by atoms with E-state index >= 15 is 0 Å². The number of anilines is 1. The van der Waals surface area contributed by atoms with Crippen molar-refractivity contribution in [1.29, 1.82) is 0 Å². The molecule has 2 aliphatic rings. The SMILES string of the molecule is COc1ccc2nc(NC(=O)C3C4CCC(C4)C3C(=O)O)sc2c1. The van der Waals surface area contributed by atoms with Crippen molar-refractivity contribution in [2.45, 2.75) is 19.3 Å². The summed E-state index contributed by atoms with van der Waals surface area (Å²) in [5.74, 6) is -0.991. The van der Waals surface area contributed by atoms with E-state index in [-0.39, 0.29) is 17.7 Å². The highest BCUT2D eigenvalue weighted by Gasteiger charge is 2.54. The van der Waals surface area contributed by atoms with Crippen LogP contribution in [0.25, 0.3) is 10.2 Å². The number of benzene rings is 1. The minimum Gasteiger partial charge on any atom is -0.497 e. The Labute approximate surface area is 142 Å². The smallest absolute Gasteiger partial charge is 0.307 e. The van der Waals surface area contributed by atoms with E-state index in [1.54, 1.807) is 7.11 Å². The number of ether oxygens (including phenoxy) is 1.